The number of hydrogen-bond donors (Lipinski definition) is 0. The summed E-state index contributed by atoms with van der Waals surface area (Å²) in [5.41, 5.74) is 0. The predicted octanol–water partition coefficient (Wildman–Crippen LogP) is 0.911. The lowest BCUT2D eigenvalue weighted by Crippen LogP contribution is -2.07. The molecule has 0 N–H and O–H groups in total. The smallest absolute Gasteiger partial charge is 0.00223 e. The molecule has 44 valence electrons. The molecule has 1 saturated heterocycles. The van der Waals surface area contributed by atoms with Crippen molar-refractivity contribution in [2.24, 2.45) is 0 Å². The Labute approximate surface area is 47.1 Å². The van der Waals surface area contributed by atoms with Gasteiger partial charge >= 0.3 is 0 Å². The Bertz CT molecular complexity index is 76.1. The van der Waals surface area contributed by atoms with E-state index in [1.54, 1.807) is 0 Å². The van der Waals surface area contributed by atoms with Gasteiger partial charge < -0.3 is 0 Å². The van der Waals surface area contributed by atoms with Crippen molar-refractivity contribution >= 4 is 10.2 Å². The minimum atomic E-state index is -0.157. The lowest BCUT2D eigenvalue weighted by molar-refractivity contribution is 0.695. The average molecular weight is 119 g/mol. The van der Waals surface area contributed by atoms with Gasteiger partial charge in [0.05, 0.1) is 0 Å². The van der Waals surface area contributed by atoms with Crippen molar-refractivity contribution in [1.29, 1.82) is 0 Å². The molecule has 0 aromatic heterocycles. The largest absolute Gasteiger partial charge is 0.274 e. The molecule has 0 saturated carbocycles. The molecule has 0 spiro atoms. The lowest BCUT2D eigenvalue weighted by atomic mass is 11.0. The van der Waals surface area contributed by atoms with Gasteiger partial charge in [0.2, 0.25) is 0 Å². The number of hydrogen-bond acceptors (Lipinski definition) is 1. The van der Waals surface area contributed by atoms with E-state index in [9.17, 15) is 0 Å². The molecule has 2 heteroatoms. The maximum absolute atomic E-state index is 2.38. The van der Waals surface area contributed by atoms with Crippen molar-refractivity contribution in [2.75, 3.05) is 31.9 Å². The Kier molecular flexibility index (Phi) is 1.08. The van der Waals surface area contributed by atoms with E-state index in [1.807, 2.05) is 0 Å². The van der Waals surface area contributed by atoms with E-state index < -0.39 is 0 Å². The molecule has 0 bridgehead atoms. The van der Waals surface area contributed by atoms with Crippen LogP contribution in [0.25, 0.3) is 0 Å². The third-order valence-corrected chi connectivity index (χ3v) is 5.03. The Balaban J connectivity index is 2.39. The topological polar surface area (TPSA) is 3.24 Å². The summed E-state index contributed by atoms with van der Waals surface area (Å²) in [6.45, 7) is 0. The zero-order valence-corrected chi connectivity index (χ0v) is 6.09. The van der Waals surface area contributed by atoms with Gasteiger partial charge in [0.15, 0.2) is 0 Å². The summed E-state index contributed by atoms with van der Waals surface area (Å²) < 4.78 is 2.38. The molecule has 1 heterocycles. The van der Waals surface area contributed by atoms with Crippen LogP contribution in [0.15, 0.2) is 0 Å². The summed E-state index contributed by atoms with van der Waals surface area (Å²) >= 11 is 0. The third kappa shape index (κ3) is 0.916. The highest BCUT2D eigenvalue weighted by atomic mass is 32.3. The Morgan fingerprint density at radius 2 is 1.71 bits per heavy atom. The van der Waals surface area contributed by atoms with Gasteiger partial charge in [-0.25, -0.2) is 0 Å². The van der Waals surface area contributed by atoms with Crippen molar-refractivity contribution in [3.63, 3.8) is 0 Å². The zero-order chi connectivity index (χ0) is 5.49. The predicted molar refractivity (Wildman–Crippen MR) is 36.9 cm³/mol. The minimum Gasteiger partial charge on any atom is -0.274 e. The second-order valence-electron chi connectivity index (χ2n) is 2.44. The Morgan fingerprint density at radius 3 is 1.71 bits per heavy atom. The average Bonchev–Trinajstić information content (AvgIpc) is 2.21. The highest BCUT2D eigenvalue weighted by Crippen LogP contribution is 2.59. The first-order valence-electron chi connectivity index (χ1n) is 2.56. The molecule has 1 aliphatic rings. The van der Waals surface area contributed by atoms with Gasteiger partial charge in [-0.15, -0.1) is 0 Å². The number of nitrogens with zero attached hydrogens (tertiary/aromatic N) is 1. The Morgan fingerprint density at radius 1 is 1.29 bits per heavy atom. The third-order valence-electron chi connectivity index (χ3n) is 1.68. The van der Waals surface area contributed by atoms with Gasteiger partial charge in [-0.1, -0.05) is 0 Å². The van der Waals surface area contributed by atoms with Crippen LogP contribution in [0.2, 0.25) is 0 Å². The van der Waals surface area contributed by atoms with Gasteiger partial charge in [0, 0.05) is 0 Å². The molecular weight excluding hydrogens is 106 g/mol. The van der Waals surface area contributed by atoms with Crippen molar-refractivity contribution in [2.45, 2.75) is 0 Å². The molecule has 0 aromatic rings. The SMILES string of the molecule is CN(C)S1(C)CC1. The fraction of sp³-hybridized carbons (Fsp3) is 1.00. The summed E-state index contributed by atoms with van der Waals surface area (Å²) in [6.07, 6.45) is 2.38. The van der Waals surface area contributed by atoms with E-state index in [0.29, 0.717) is 0 Å². The monoisotopic (exact) mass is 119 g/mol. The van der Waals surface area contributed by atoms with E-state index >= 15 is 0 Å². The Hall–Kier alpha value is 0.310. The van der Waals surface area contributed by atoms with E-state index in [4.69, 9.17) is 0 Å². The summed E-state index contributed by atoms with van der Waals surface area (Å²) in [4.78, 5) is 0. The highest BCUT2D eigenvalue weighted by Gasteiger charge is 2.33. The van der Waals surface area contributed by atoms with Crippen LogP contribution in [-0.4, -0.2) is 36.2 Å². The van der Waals surface area contributed by atoms with Crippen LogP contribution in [0, 0.1) is 0 Å². The maximum Gasteiger partial charge on any atom is -0.00223 e. The van der Waals surface area contributed by atoms with Crippen LogP contribution < -0.4 is 0 Å². The van der Waals surface area contributed by atoms with E-state index in [2.05, 4.69) is 24.7 Å². The normalized spacial score (nSPS) is 30.3. The van der Waals surface area contributed by atoms with Gasteiger partial charge in [-0.05, 0) is 31.9 Å². The second kappa shape index (κ2) is 1.39. The molecule has 0 aliphatic carbocycles. The van der Waals surface area contributed by atoms with Gasteiger partial charge in [-0.2, -0.15) is 10.2 Å². The van der Waals surface area contributed by atoms with Crippen LogP contribution in [0.3, 0.4) is 0 Å². The van der Waals surface area contributed by atoms with Gasteiger partial charge in [0.1, 0.15) is 0 Å². The first-order valence-corrected chi connectivity index (χ1v) is 4.90. The molecule has 0 aromatic carbocycles. The summed E-state index contributed by atoms with van der Waals surface area (Å²) in [5, 5.41) is 0. The molecule has 1 rings (SSSR count). The van der Waals surface area contributed by atoms with Crippen molar-refractivity contribution < 1.29 is 0 Å². The zero-order valence-electron chi connectivity index (χ0n) is 5.27. The molecule has 0 radical (unpaired) electrons. The molecule has 1 fully saturated rings. The van der Waals surface area contributed by atoms with Crippen LogP contribution in [-0.2, 0) is 0 Å². The van der Waals surface area contributed by atoms with E-state index in [-0.39, 0.29) is 10.2 Å². The maximum atomic E-state index is 2.38. The first-order chi connectivity index (χ1) is 3.15. The fourth-order valence-electron chi connectivity index (χ4n) is 0.486. The molecule has 0 amide bonds. The lowest BCUT2D eigenvalue weighted by Gasteiger charge is -2.22. The molecule has 0 atom stereocenters. The summed E-state index contributed by atoms with van der Waals surface area (Å²) in [7, 11) is 4.21. The first kappa shape index (κ1) is 5.45. The molecule has 0 unspecified atom stereocenters. The number of rotatable bonds is 1. The highest BCUT2D eigenvalue weighted by molar-refractivity contribution is 8.37. The van der Waals surface area contributed by atoms with Crippen molar-refractivity contribution in [1.82, 2.24) is 4.31 Å². The van der Waals surface area contributed by atoms with Crippen LogP contribution >= 0.6 is 10.2 Å². The van der Waals surface area contributed by atoms with Crippen molar-refractivity contribution in [3.05, 3.63) is 0 Å². The van der Waals surface area contributed by atoms with Crippen LogP contribution in [0.1, 0.15) is 0 Å². The molecule has 7 heavy (non-hydrogen) atoms. The van der Waals surface area contributed by atoms with E-state index in [1.165, 1.54) is 11.5 Å². The van der Waals surface area contributed by atoms with Crippen LogP contribution in [0.5, 0.6) is 0 Å². The molecular formula is C5H13NS. The molecule has 1 aliphatic heterocycles. The summed E-state index contributed by atoms with van der Waals surface area (Å²) in [6, 6.07) is 0. The van der Waals surface area contributed by atoms with E-state index in [0.717, 1.165) is 0 Å². The standard InChI is InChI=1S/C5H13NS/c1-6(2)7(3)4-5-7/h4-5H2,1-3H3. The van der Waals surface area contributed by atoms with Gasteiger partial charge in [-0.3, -0.25) is 4.31 Å². The summed E-state index contributed by atoms with van der Waals surface area (Å²) in [5.74, 6) is 2.94. The fourth-order valence-corrected chi connectivity index (χ4v) is 2.18. The van der Waals surface area contributed by atoms with Crippen LogP contribution in [0.4, 0.5) is 0 Å². The minimum absolute atomic E-state index is 0.157. The van der Waals surface area contributed by atoms with Gasteiger partial charge in [0.25, 0.3) is 0 Å². The molecule has 1 nitrogen and oxygen atoms in total. The quantitative estimate of drug-likeness (QED) is 0.464. The van der Waals surface area contributed by atoms with Crippen molar-refractivity contribution in [3.8, 4) is 0 Å². The second-order valence-corrected chi connectivity index (χ2v) is 6.43.